The first kappa shape index (κ1) is 13.0. The van der Waals surface area contributed by atoms with Gasteiger partial charge in [0.2, 0.25) is 0 Å². The Morgan fingerprint density at radius 3 is 2.53 bits per heavy atom. The third-order valence-electron chi connectivity index (χ3n) is 3.57. The highest BCUT2D eigenvalue weighted by molar-refractivity contribution is 7.98. The number of aldehydes is 1. The summed E-state index contributed by atoms with van der Waals surface area (Å²) in [5, 5.41) is 0. The molecule has 0 saturated heterocycles. The molecule has 0 amide bonds. The van der Waals surface area contributed by atoms with E-state index < -0.39 is 0 Å². The van der Waals surface area contributed by atoms with E-state index >= 15 is 0 Å². The smallest absolute Gasteiger partial charge is 0.127 e. The highest BCUT2D eigenvalue weighted by Crippen LogP contribution is 2.37. The molecule has 1 atom stereocenters. The minimum Gasteiger partial charge on any atom is -0.303 e. The van der Waals surface area contributed by atoms with Gasteiger partial charge in [0, 0.05) is 23.8 Å². The van der Waals surface area contributed by atoms with Crippen molar-refractivity contribution < 1.29 is 4.79 Å². The van der Waals surface area contributed by atoms with E-state index in [9.17, 15) is 4.79 Å². The molecule has 0 spiro atoms. The van der Waals surface area contributed by atoms with Gasteiger partial charge < -0.3 is 9.69 Å². The molecule has 0 bridgehead atoms. The summed E-state index contributed by atoms with van der Waals surface area (Å²) in [6.45, 7) is 3.18. The highest BCUT2D eigenvalue weighted by atomic mass is 32.2. The number of carbonyl (C=O) groups is 1. The van der Waals surface area contributed by atoms with Crippen LogP contribution in [0.2, 0.25) is 0 Å². The molecule has 1 saturated carbocycles. The molecule has 0 radical (unpaired) electrons. The molecule has 0 aromatic carbocycles. The average Bonchev–Trinajstić information content (AvgIpc) is 2.67. The minimum absolute atomic E-state index is 0.0264. The van der Waals surface area contributed by atoms with E-state index in [1.165, 1.54) is 19.1 Å². The molecule has 2 nitrogen and oxygen atoms in total. The van der Waals surface area contributed by atoms with Gasteiger partial charge in [-0.05, 0) is 33.1 Å². The molecule has 1 unspecified atom stereocenters. The summed E-state index contributed by atoms with van der Waals surface area (Å²) in [6, 6.07) is 0.567. The Hall–Kier alpha value is -0.0200. The van der Waals surface area contributed by atoms with Gasteiger partial charge in [0.05, 0.1) is 0 Å². The summed E-state index contributed by atoms with van der Waals surface area (Å²) in [5.41, 5.74) is -0.0264. The third kappa shape index (κ3) is 3.49. The molecule has 0 aromatic rings. The Morgan fingerprint density at radius 1 is 1.47 bits per heavy atom. The maximum atomic E-state index is 11.2. The van der Waals surface area contributed by atoms with Crippen LogP contribution in [0.3, 0.4) is 0 Å². The summed E-state index contributed by atoms with van der Waals surface area (Å²) in [6.07, 6.45) is 7.98. The Labute approximate surface area is 97.8 Å². The monoisotopic (exact) mass is 229 g/mol. The molecular formula is C12H23NOS. The van der Waals surface area contributed by atoms with Crippen LogP contribution < -0.4 is 0 Å². The lowest BCUT2D eigenvalue weighted by atomic mass is 9.87. The van der Waals surface area contributed by atoms with E-state index in [1.807, 2.05) is 11.8 Å². The van der Waals surface area contributed by atoms with E-state index in [2.05, 4.69) is 25.1 Å². The van der Waals surface area contributed by atoms with Crippen LogP contribution in [-0.2, 0) is 4.79 Å². The first-order valence-electron chi connectivity index (χ1n) is 5.79. The van der Waals surface area contributed by atoms with Crippen molar-refractivity contribution in [2.45, 2.75) is 38.6 Å². The molecule has 1 rings (SSSR count). The molecule has 15 heavy (non-hydrogen) atoms. The maximum Gasteiger partial charge on any atom is 0.127 e. The van der Waals surface area contributed by atoms with Crippen molar-refractivity contribution in [3.05, 3.63) is 0 Å². The minimum atomic E-state index is -0.0264. The Kier molecular flexibility index (Phi) is 5.13. The van der Waals surface area contributed by atoms with Crippen molar-refractivity contribution in [2.75, 3.05) is 25.6 Å². The molecule has 1 aliphatic rings. The van der Waals surface area contributed by atoms with Crippen molar-refractivity contribution >= 4 is 18.0 Å². The first-order valence-corrected chi connectivity index (χ1v) is 7.18. The molecule has 1 fully saturated rings. The fourth-order valence-corrected chi connectivity index (χ4v) is 3.15. The summed E-state index contributed by atoms with van der Waals surface area (Å²) in [7, 11) is 2.14. The highest BCUT2D eigenvalue weighted by Gasteiger charge is 2.35. The van der Waals surface area contributed by atoms with Gasteiger partial charge in [0.15, 0.2) is 0 Å². The van der Waals surface area contributed by atoms with Gasteiger partial charge >= 0.3 is 0 Å². The molecular weight excluding hydrogens is 206 g/mol. The van der Waals surface area contributed by atoms with Gasteiger partial charge in [-0.3, -0.25) is 0 Å². The molecule has 3 heteroatoms. The van der Waals surface area contributed by atoms with Crippen LogP contribution in [0, 0.1) is 5.41 Å². The van der Waals surface area contributed by atoms with Crippen molar-refractivity contribution in [1.82, 2.24) is 4.90 Å². The van der Waals surface area contributed by atoms with Crippen LogP contribution in [0.5, 0.6) is 0 Å². The molecule has 0 heterocycles. The van der Waals surface area contributed by atoms with Gasteiger partial charge in [-0.15, -0.1) is 0 Å². The second-order valence-electron chi connectivity index (χ2n) is 4.91. The van der Waals surface area contributed by atoms with Gasteiger partial charge in [-0.25, -0.2) is 0 Å². The molecule has 0 N–H and O–H groups in total. The summed E-state index contributed by atoms with van der Waals surface area (Å²) in [4.78, 5) is 13.6. The van der Waals surface area contributed by atoms with E-state index in [-0.39, 0.29) is 5.41 Å². The zero-order chi connectivity index (χ0) is 11.3. The number of hydrogen-bond acceptors (Lipinski definition) is 3. The third-order valence-corrected chi connectivity index (χ3v) is 4.39. The van der Waals surface area contributed by atoms with Crippen molar-refractivity contribution in [3.63, 3.8) is 0 Å². The number of hydrogen-bond donors (Lipinski definition) is 0. The van der Waals surface area contributed by atoms with Crippen LogP contribution in [-0.4, -0.2) is 42.8 Å². The number of carbonyl (C=O) groups excluding carboxylic acids is 1. The first-order chi connectivity index (χ1) is 7.13. The van der Waals surface area contributed by atoms with Crippen LogP contribution >= 0.6 is 11.8 Å². The standard InChI is InChI=1S/C12H23NOS/c1-11(8-15-3)13(2)9-12(10-14)6-4-5-7-12/h10-11H,4-9H2,1-3H3. The Balaban J connectivity index is 2.47. The Morgan fingerprint density at radius 2 is 2.07 bits per heavy atom. The summed E-state index contributed by atoms with van der Waals surface area (Å²) in [5.74, 6) is 1.14. The van der Waals surface area contributed by atoms with Crippen LogP contribution in [0.15, 0.2) is 0 Å². The number of thioether (sulfide) groups is 1. The van der Waals surface area contributed by atoms with E-state index in [4.69, 9.17) is 0 Å². The normalized spacial score (nSPS) is 21.9. The zero-order valence-electron chi connectivity index (χ0n) is 10.2. The number of rotatable bonds is 6. The lowest BCUT2D eigenvalue weighted by molar-refractivity contribution is -0.117. The lowest BCUT2D eigenvalue weighted by Crippen LogP contribution is -2.40. The van der Waals surface area contributed by atoms with Crippen LogP contribution in [0.4, 0.5) is 0 Å². The largest absolute Gasteiger partial charge is 0.303 e. The van der Waals surface area contributed by atoms with Crippen LogP contribution in [0.25, 0.3) is 0 Å². The molecule has 88 valence electrons. The van der Waals surface area contributed by atoms with Crippen molar-refractivity contribution in [3.8, 4) is 0 Å². The predicted octanol–water partition coefficient (Wildman–Crippen LogP) is 2.43. The summed E-state index contributed by atoms with van der Waals surface area (Å²) < 4.78 is 0. The van der Waals surface area contributed by atoms with Gasteiger partial charge in [0.1, 0.15) is 6.29 Å². The van der Waals surface area contributed by atoms with Crippen molar-refractivity contribution in [1.29, 1.82) is 0 Å². The van der Waals surface area contributed by atoms with E-state index in [0.717, 1.165) is 25.1 Å². The molecule has 0 aromatic heterocycles. The SMILES string of the molecule is CSCC(C)N(C)CC1(C=O)CCCC1. The second-order valence-corrected chi connectivity index (χ2v) is 5.82. The number of nitrogens with zero attached hydrogens (tertiary/aromatic N) is 1. The average molecular weight is 229 g/mol. The van der Waals surface area contributed by atoms with Gasteiger partial charge in [-0.1, -0.05) is 12.8 Å². The van der Waals surface area contributed by atoms with Crippen LogP contribution in [0.1, 0.15) is 32.6 Å². The maximum absolute atomic E-state index is 11.2. The zero-order valence-corrected chi connectivity index (χ0v) is 11.0. The molecule has 0 aliphatic heterocycles. The quantitative estimate of drug-likeness (QED) is 0.652. The fourth-order valence-electron chi connectivity index (χ4n) is 2.41. The molecule has 1 aliphatic carbocycles. The Bertz CT molecular complexity index is 202. The summed E-state index contributed by atoms with van der Waals surface area (Å²) >= 11 is 1.87. The van der Waals surface area contributed by atoms with E-state index in [0.29, 0.717) is 6.04 Å². The second kappa shape index (κ2) is 5.90. The van der Waals surface area contributed by atoms with E-state index in [1.54, 1.807) is 0 Å². The lowest BCUT2D eigenvalue weighted by Gasteiger charge is -2.32. The fraction of sp³-hybridized carbons (Fsp3) is 0.917. The topological polar surface area (TPSA) is 20.3 Å². The van der Waals surface area contributed by atoms with Crippen molar-refractivity contribution in [2.24, 2.45) is 5.41 Å². The predicted molar refractivity (Wildman–Crippen MR) is 67.4 cm³/mol. The van der Waals surface area contributed by atoms with Gasteiger partial charge in [0.25, 0.3) is 0 Å². The van der Waals surface area contributed by atoms with Gasteiger partial charge in [-0.2, -0.15) is 11.8 Å².